The lowest BCUT2D eigenvalue weighted by Gasteiger charge is -2.33. The molecule has 1 rings (SSSR count). The number of benzene rings is 1. The summed E-state index contributed by atoms with van der Waals surface area (Å²) in [6.07, 6.45) is 1.12. The van der Waals surface area contributed by atoms with Gasteiger partial charge >= 0.3 is 0 Å². The zero-order chi connectivity index (χ0) is 13.8. The van der Waals surface area contributed by atoms with E-state index in [1.54, 1.807) is 0 Å². The number of hydrogen-bond donors (Lipinski definition) is 0. The topological polar surface area (TPSA) is 33.0 Å². The van der Waals surface area contributed by atoms with Gasteiger partial charge in [-0.2, -0.15) is 5.26 Å². The maximum Gasteiger partial charge on any atom is 0.174 e. The van der Waals surface area contributed by atoms with Gasteiger partial charge in [0.15, 0.2) is 6.61 Å². The molecule has 0 aliphatic heterocycles. The summed E-state index contributed by atoms with van der Waals surface area (Å²) in [4.78, 5) is 0. The Labute approximate surface area is 111 Å². The van der Waals surface area contributed by atoms with E-state index < -0.39 is 0 Å². The van der Waals surface area contributed by atoms with Gasteiger partial charge in [0.25, 0.3) is 0 Å². The van der Waals surface area contributed by atoms with Crippen molar-refractivity contribution in [3.8, 4) is 11.8 Å². The molecule has 0 heterocycles. The van der Waals surface area contributed by atoms with Crippen LogP contribution in [0.1, 0.15) is 46.6 Å². The van der Waals surface area contributed by atoms with E-state index in [4.69, 9.17) is 10.00 Å². The van der Waals surface area contributed by atoms with E-state index in [9.17, 15) is 0 Å². The number of nitriles is 1. The highest BCUT2D eigenvalue weighted by molar-refractivity contribution is 5.31. The summed E-state index contributed by atoms with van der Waals surface area (Å²) < 4.78 is 5.26. The first kappa shape index (κ1) is 14.6. The molecule has 0 unspecified atom stereocenters. The van der Waals surface area contributed by atoms with E-state index in [1.165, 1.54) is 5.56 Å². The lowest BCUT2D eigenvalue weighted by atomic mass is 9.72. The Morgan fingerprint density at radius 1 is 1.06 bits per heavy atom. The van der Waals surface area contributed by atoms with Crippen molar-refractivity contribution in [2.24, 2.45) is 5.41 Å². The van der Waals surface area contributed by atoms with Crippen LogP contribution in [-0.4, -0.2) is 6.61 Å². The molecule has 0 aliphatic rings. The fraction of sp³-hybridized carbons (Fsp3) is 0.562. The quantitative estimate of drug-likeness (QED) is 0.792. The molecule has 0 aromatic heterocycles. The van der Waals surface area contributed by atoms with Gasteiger partial charge in [0.2, 0.25) is 0 Å². The maximum atomic E-state index is 8.46. The molecular weight excluding hydrogens is 222 g/mol. The standard InChI is InChI=1S/C16H23NO/c1-15(2,3)12-16(4,5)13-6-8-14(9-7-13)18-11-10-17/h6-9H,11-12H2,1-5H3. The Hall–Kier alpha value is -1.49. The Bertz CT molecular complexity index is 418. The first-order valence-corrected chi connectivity index (χ1v) is 6.35. The van der Waals surface area contributed by atoms with E-state index >= 15 is 0 Å². The first-order chi connectivity index (χ1) is 8.24. The Morgan fingerprint density at radius 3 is 2.06 bits per heavy atom. The van der Waals surface area contributed by atoms with Gasteiger partial charge in [-0.3, -0.25) is 0 Å². The number of hydrogen-bond acceptors (Lipinski definition) is 2. The zero-order valence-corrected chi connectivity index (χ0v) is 12.1. The normalized spacial score (nSPS) is 12.0. The molecule has 0 aliphatic carbocycles. The van der Waals surface area contributed by atoms with Crippen LogP contribution in [0.3, 0.4) is 0 Å². The molecule has 1 aromatic rings. The van der Waals surface area contributed by atoms with Crippen LogP contribution >= 0.6 is 0 Å². The fourth-order valence-electron chi connectivity index (χ4n) is 2.55. The Kier molecular flexibility index (Phi) is 4.40. The molecule has 18 heavy (non-hydrogen) atoms. The molecule has 2 nitrogen and oxygen atoms in total. The SMILES string of the molecule is CC(C)(C)CC(C)(C)c1ccc(OCC#N)cc1. The lowest BCUT2D eigenvalue weighted by Crippen LogP contribution is -2.24. The predicted octanol–water partition coefficient (Wildman–Crippen LogP) is 4.30. The van der Waals surface area contributed by atoms with Gasteiger partial charge < -0.3 is 4.74 Å². The molecule has 98 valence electrons. The minimum absolute atomic E-state index is 0.102. The van der Waals surface area contributed by atoms with E-state index in [0.29, 0.717) is 5.41 Å². The molecule has 1 aromatic carbocycles. The van der Waals surface area contributed by atoms with Crippen LogP contribution in [0.4, 0.5) is 0 Å². The third kappa shape index (κ3) is 4.41. The highest BCUT2D eigenvalue weighted by Gasteiger charge is 2.27. The molecule has 0 N–H and O–H groups in total. The van der Waals surface area contributed by atoms with Crippen molar-refractivity contribution in [1.82, 2.24) is 0 Å². The van der Waals surface area contributed by atoms with Crippen molar-refractivity contribution in [3.63, 3.8) is 0 Å². The fourth-order valence-corrected chi connectivity index (χ4v) is 2.55. The van der Waals surface area contributed by atoms with Gasteiger partial charge in [0.1, 0.15) is 11.8 Å². The summed E-state index contributed by atoms with van der Waals surface area (Å²) >= 11 is 0. The molecule has 0 saturated heterocycles. The smallest absolute Gasteiger partial charge is 0.174 e. The molecule has 0 radical (unpaired) electrons. The zero-order valence-electron chi connectivity index (χ0n) is 12.1. The predicted molar refractivity (Wildman–Crippen MR) is 74.6 cm³/mol. The first-order valence-electron chi connectivity index (χ1n) is 6.35. The summed E-state index contributed by atoms with van der Waals surface area (Å²) in [5.41, 5.74) is 1.76. The average Bonchev–Trinajstić information content (AvgIpc) is 2.23. The van der Waals surface area contributed by atoms with Crippen LogP contribution in [-0.2, 0) is 5.41 Å². The average molecular weight is 245 g/mol. The molecular formula is C16H23NO. The van der Waals surface area contributed by atoms with Crippen molar-refractivity contribution < 1.29 is 4.74 Å². The minimum atomic E-state index is 0.102. The Morgan fingerprint density at radius 2 is 1.61 bits per heavy atom. The largest absolute Gasteiger partial charge is 0.479 e. The monoisotopic (exact) mass is 245 g/mol. The van der Waals surface area contributed by atoms with Crippen molar-refractivity contribution in [1.29, 1.82) is 5.26 Å². The molecule has 0 fully saturated rings. The van der Waals surface area contributed by atoms with Crippen LogP contribution in [0.25, 0.3) is 0 Å². The van der Waals surface area contributed by atoms with Crippen LogP contribution in [0.2, 0.25) is 0 Å². The minimum Gasteiger partial charge on any atom is -0.479 e. The number of ether oxygens (including phenoxy) is 1. The highest BCUT2D eigenvalue weighted by Crippen LogP contribution is 2.36. The van der Waals surface area contributed by atoms with Gasteiger partial charge in [-0.05, 0) is 34.9 Å². The van der Waals surface area contributed by atoms with Crippen molar-refractivity contribution in [2.45, 2.75) is 46.5 Å². The summed E-state index contributed by atoms with van der Waals surface area (Å²) in [7, 11) is 0. The highest BCUT2D eigenvalue weighted by atomic mass is 16.5. The molecule has 0 bridgehead atoms. The number of nitrogens with zero attached hydrogens (tertiary/aromatic N) is 1. The van der Waals surface area contributed by atoms with E-state index in [1.807, 2.05) is 18.2 Å². The third-order valence-electron chi connectivity index (χ3n) is 2.91. The van der Waals surface area contributed by atoms with Gasteiger partial charge in [0.05, 0.1) is 0 Å². The van der Waals surface area contributed by atoms with E-state index in [-0.39, 0.29) is 12.0 Å². The van der Waals surface area contributed by atoms with Crippen molar-refractivity contribution in [3.05, 3.63) is 29.8 Å². The van der Waals surface area contributed by atoms with Crippen LogP contribution in [0.5, 0.6) is 5.75 Å². The Balaban J connectivity index is 2.81. The summed E-state index contributed by atoms with van der Waals surface area (Å²) in [6.45, 7) is 11.4. The second-order valence-corrected chi connectivity index (χ2v) is 6.59. The third-order valence-corrected chi connectivity index (χ3v) is 2.91. The molecule has 0 spiro atoms. The van der Waals surface area contributed by atoms with Crippen molar-refractivity contribution in [2.75, 3.05) is 6.61 Å². The van der Waals surface area contributed by atoms with E-state index in [2.05, 4.69) is 46.8 Å². The van der Waals surface area contributed by atoms with Gasteiger partial charge in [-0.25, -0.2) is 0 Å². The van der Waals surface area contributed by atoms with Crippen LogP contribution < -0.4 is 4.74 Å². The number of rotatable bonds is 4. The van der Waals surface area contributed by atoms with Gasteiger partial charge in [-0.1, -0.05) is 46.8 Å². The van der Waals surface area contributed by atoms with Gasteiger partial charge in [-0.15, -0.1) is 0 Å². The maximum absolute atomic E-state index is 8.46. The molecule has 0 amide bonds. The molecule has 2 heteroatoms. The lowest BCUT2D eigenvalue weighted by molar-refractivity contribution is 0.284. The summed E-state index contributed by atoms with van der Waals surface area (Å²) in [6, 6.07) is 10.0. The molecule has 0 saturated carbocycles. The molecule has 0 atom stereocenters. The van der Waals surface area contributed by atoms with Gasteiger partial charge in [0, 0.05) is 0 Å². The second kappa shape index (κ2) is 5.44. The van der Waals surface area contributed by atoms with Crippen molar-refractivity contribution >= 4 is 0 Å². The summed E-state index contributed by atoms with van der Waals surface area (Å²) in [5.74, 6) is 0.756. The summed E-state index contributed by atoms with van der Waals surface area (Å²) in [5, 5.41) is 8.46. The van der Waals surface area contributed by atoms with Crippen LogP contribution in [0, 0.1) is 16.7 Å². The van der Waals surface area contributed by atoms with Crippen LogP contribution in [0.15, 0.2) is 24.3 Å². The van der Waals surface area contributed by atoms with E-state index in [0.717, 1.165) is 12.2 Å². The second-order valence-electron chi connectivity index (χ2n) is 6.59.